The lowest BCUT2D eigenvalue weighted by Crippen LogP contribution is -2.36. The van der Waals surface area contributed by atoms with Crippen LogP contribution in [0.25, 0.3) is 0 Å². The van der Waals surface area contributed by atoms with Crippen LogP contribution in [-0.4, -0.2) is 52.9 Å². The number of ether oxygens (including phenoxy) is 5. The van der Waals surface area contributed by atoms with Crippen LogP contribution >= 0.6 is 0 Å². The molecule has 0 fully saturated rings. The van der Waals surface area contributed by atoms with Crippen molar-refractivity contribution in [3.8, 4) is 17.2 Å². The van der Waals surface area contributed by atoms with E-state index < -0.39 is 11.9 Å². The van der Waals surface area contributed by atoms with Crippen LogP contribution in [0, 0.1) is 0 Å². The van der Waals surface area contributed by atoms with Gasteiger partial charge in [-0.25, -0.2) is 4.79 Å². The van der Waals surface area contributed by atoms with Gasteiger partial charge in [-0.3, -0.25) is 4.79 Å². The molecule has 0 radical (unpaired) electrons. The summed E-state index contributed by atoms with van der Waals surface area (Å²) in [4.78, 5) is 27.1. The number of carbonyl (C=O) groups excluding carboxylic acids is 2. The summed E-state index contributed by atoms with van der Waals surface area (Å²) in [5.41, 5.74) is 4.30. The number of carbonyl (C=O) groups is 2. The second-order valence-electron chi connectivity index (χ2n) is 9.27. The Morgan fingerprint density at radius 1 is 0.974 bits per heavy atom. The fourth-order valence-corrected chi connectivity index (χ4v) is 5.23. The molecule has 0 saturated heterocycles. The maximum Gasteiger partial charge on any atom is 0.336 e. The van der Waals surface area contributed by atoms with E-state index in [0.717, 1.165) is 16.8 Å². The van der Waals surface area contributed by atoms with Gasteiger partial charge in [0.15, 0.2) is 17.3 Å². The Balaban J connectivity index is 1.75. The minimum absolute atomic E-state index is 0.0139. The highest BCUT2D eigenvalue weighted by Gasteiger charge is 2.41. The molecule has 0 bridgehead atoms. The SMILES string of the molecule is CCOc1cccc([C@H]2C(C(=O)OCCOC)=C(C)NC3=C2C(=O)C[C@@H](c2ccc(OC)c(OC)c2)C3)c1. The van der Waals surface area contributed by atoms with Crippen LogP contribution in [0.2, 0.25) is 0 Å². The molecule has 2 aromatic rings. The van der Waals surface area contributed by atoms with E-state index >= 15 is 0 Å². The van der Waals surface area contributed by atoms with Crippen LogP contribution in [0.15, 0.2) is 65.0 Å². The van der Waals surface area contributed by atoms with E-state index in [2.05, 4.69) is 5.32 Å². The average molecular weight is 522 g/mol. The van der Waals surface area contributed by atoms with Gasteiger partial charge in [-0.15, -0.1) is 0 Å². The van der Waals surface area contributed by atoms with E-state index in [1.165, 1.54) is 0 Å². The molecule has 1 N–H and O–H groups in total. The van der Waals surface area contributed by atoms with E-state index in [-0.39, 0.29) is 24.9 Å². The average Bonchev–Trinajstić information content (AvgIpc) is 2.92. The van der Waals surface area contributed by atoms with Gasteiger partial charge >= 0.3 is 5.97 Å². The van der Waals surface area contributed by atoms with Gasteiger partial charge < -0.3 is 29.0 Å². The number of benzene rings is 2. The summed E-state index contributed by atoms with van der Waals surface area (Å²) in [7, 11) is 4.74. The largest absolute Gasteiger partial charge is 0.494 e. The van der Waals surface area contributed by atoms with Crippen molar-refractivity contribution >= 4 is 11.8 Å². The summed E-state index contributed by atoms with van der Waals surface area (Å²) in [6, 6.07) is 13.3. The molecule has 1 aliphatic carbocycles. The highest BCUT2D eigenvalue weighted by Crippen LogP contribution is 2.47. The molecular formula is C30H35NO7. The van der Waals surface area contributed by atoms with Gasteiger partial charge in [-0.2, -0.15) is 0 Å². The van der Waals surface area contributed by atoms with Crippen molar-refractivity contribution in [1.82, 2.24) is 5.32 Å². The Kier molecular flexibility index (Phi) is 8.73. The summed E-state index contributed by atoms with van der Waals surface area (Å²) in [5, 5.41) is 3.38. The van der Waals surface area contributed by atoms with Crippen molar-refractivity contribution < 1.29 is 33.3 Å². The molecule has 1 aliphatic heterocycles. The molecule has 0 aromatic heterocycles. The summed E-state index contributed by atoms with van der Waals surface area (Å²) in [5.74, 6) is 0.838. The molecule has 2 atom stereocenters. The van der Waals surface area contributed by atoms with E-state index in [9.17, 15) is 9.59 Å². The number of nitrogens with one attached hydrogen (secondary N) is 1. The molecule has 0 unspecified atom stereocenters. The zero-order valence-corrected chi connectivity index (χ0v) is 22.6. The Hall–Kier alpha value is -3.78. The molecular weight excluding hydrogens is 486 g/mol. The van der Waals surface area contributed by atoms with Crippen LogP contribution < -0.4 is 19.5 Å². The predicted octanol–water partition coefficient (Wildman–Crippen LogP) is 4.65. The highest BCUT2D eigenvalue weighted by atomic mass is 16.6. The summed E-state index contributed by atoms with van der Waals surface area (Å²) in [6.45, 7) is 4.69. The third-order valence-corrected chi connectivity index (χ3v) is 6.95. The molecule has 38 heavy (non-hydrogen) atoms. The second-order valence-corrected chi connectivity index (χ2v) is 9.27. The van der Waals surface area contributed by atoms with Crippen molar-refractivity contribution in [3.63, 3.8) is 0 Å². The van der Waals surface area contributed by atoms with Gasteiger partial charge in [-0.1, -0.05) is 18.2 Å². The van der Waals surface area contributed by atoms with Crippen LogP contribution in [-0.2, 0) is 19.1 Å². The predicted molar refractivity (Wildman–Crippen MR) is 143 cm³/mol. The first-order chi connectivity index (χ1) is 18.4. The van der Waals surface area contributed by atoms with E-state index in [1.54, 1.807) is 21.3 Å². The van der Waals surface area contributed by atoms with Crippen molar-refractivity contribution in [2.75, 3.05) is 41.2 Å². The lowest BCUT2D eigenvalue weighted by molar-refractivity contribution is -0.140. The van der Waals surface area contributed by atoms with Gasteiger partial charge in [0.1, 0.15) is 12.4 Å². The number of Topliss-reactive ketones (excluding diaryl/α,β-unsaturated/α-hetero) is 1. The molecule has 1 heterocycles. The standard InChI is InChI=1S/C30H35NO7/c1-6-37-22-9-7-8-20(14-22)28-27(30(33)38-13-12-34-3)18(2)31-23-15-21(16-24(32)29(23)28)19-10-11-25(35-4)26(17-19)36-5/h7-11,14,17,21,28,31H,6,12-13,15-16H2,1-5H3/t21-,28-/m0/s1. The van der Waals surface area contributed by atoms with Crippen LogP contribution in [0.3, 0.4) is 0 Å². The van der Waals surface area contributed by atoms with Gasteiger partial charge in [0.25, 0.3) is 0 Å². The smallest absolute Gasteiger partial charge is 0.336 e. The Labute approximate surface area is 223 Å². The van der Waals surface area contributed by atoms with Crippen LogP contribution in [0.5, 0.6) is 17.2 Å². The second kappa shape index (κ2) is 12.2. The Morgan fingerprint density at radius 3 is 2.47 bits per heavy atom. The number of dihydropyridines is 1. The molecule has 202 valence electrons. The number of esters is 1. The number of allylic oxidation sites excluding steroid dienone is 3. The van der Waals surface area contributed by atoms with Crippen LogP contribution in [0.1, 0.15) is 49.7 Å². The van der Waals surface area contributed by atoms with Gasteiger partial charge in [0, 0.05) is 36.4 Å². The lowest BCUT2D eigenvalue weighted by Gasteiger charge is -2.37. The summed E-state index contributed by atoms with van der Waals surface area (Å²) in [6.07, 6.45) is 0.921. The molecule has 0 spiro atoms. The van der Waals surface area contributed by atoms with E-state index in [0.29, 0.717) is 53.5 Å². The third kappa shape index (κ3) is 5.55. The topological polar surface area (TPSA) is 92.3 Å². The number of ketones is 1. The fourth-order valence-electron chi connectivity index (χ4n) is 5.23. The normalized spacial score (nSPS) is 19.0. The Bertz CT molecular complexity index is 1260. The monoisotopic (exact) mass is 521 g/mol. The molecule has 8 heteroatoms. The highest BCUT2D eigenvalue weighted by molar-refractivity contribution is 6.04. The molecule has 0 saturated carbocycles. The zero-order valence-electron chi connectivity index (χ0n) is 22.6. The first-order valence-electron chi connectivity index (χ1n) is 12.8. The van der Waals surface area contributed by atoms with E-state index in [4.69, 9.17) is 23.7 Å². The minimum atomic E-state index is -0.569. The van der Waals surface area contributed by atoms with Crippen molar-refractivity contribution in [3.05, 3.63) is 76.1 Å². The number of rotatable bonds is 10. The molecule has 2 aromatic carbocycles. The Morgan fingerprint density at radius 2 is 1.76 bits per heavy atom. The maximum atomic E-state index is 13.8. The first-order valence-corrected chi connectivity index (χ1v) is 12.8. The van der Waals surface area contributed by atoms with Gasteiger partial charge in [0.2, 0.25) is 0 Å². The zero-order chi connectivity index (χ0) is 27.2. The van der Waals surface area contributed by atoms with Crippen molar-refractivity contribution in [2.24, 2.45) is 0 Å². The quantitative estimate of drug-likeness (QED) is 0.357. The van der Waals surface area contributed by atoms with Crippen molar-refractivity contribution in [1.29, 1.82) is 0 Å². The van der Waals surface area contributed by atoms with Crippen LogP contribution in [0.4, 0.5) is 0 Å². The number of hydrogen-bond donors (Lipinski definition) is 1. The maximum absolute atomic E-state index is 13.8. The molecule has 8 nitrogen and oxygen atoms in total. The summed E-state index contributed by atoms with van der Waals surface area (Å²) >= 11 is 0. The number of methoxy groups -OCH3 is 3. The molecule has 0 amide bonds. The fraction of sp³-hybridized carbons (Fsp3) is 0.400. The molecule has 2 aliphatic rings. The lowest BCUT2D eigenvalue weighted by atomic mass is 9.71. The first kappa shape index (κ1) is 27.3. The van der Waals surface area contributed by atoms with Gasteiger partial charge in [0.05, 0.1) is 33.0 Å². The molecule has 4 rings (SSSR count). The van der Waals surface area contributed by atoms with Gasteiger partial charge in [-0.05, 0) is 61.6 Å². The number of hydrogen-bond acceptors (Lipinski definition) is 8. The third-order valence-electron chi connectivity index (χ3n) is 6.95. The van der Waals surface area contributed by atoms with Crippen molar-refractivity contribution in [2.45, 2.75) is 38.5 Å². The van der Waals surface area contributed by atoms with E-state index in [1.807, 2.05) is 56.3 Å². The minimum Gasteiger partial charge on any atom is -0.494 e. The summed E-state index contributed by atoms with van der Waals surface area (Å²) < 4.78 is 27.2.